The van der Waals surface area contributed by atoms with Crippen molar-refractivity contribution < 1.29 is 18.0 Å². The van der Waals surface area contributed by atoms with Gasteiger partial charge in [0, 0.05) is 30.0 Å². The van der Waals surface area contributed by atoms with Crippen molar-refractivity contribution in [3.63, 3.8) is 0 Å². The molecule has 6 nitrogen and oxygen atoms in total. The number of anilines is 1. The Morgan fingerprint density at radius 2 is 1.83 bits per heavy atom. The van der Waals surface area contributed by atoms with E-state index in [1.807, 2.05) is 38.1 Å². The molecule has 1 amide bonds. The standard InChI is InChI=1S/C20H22F3N5O/c1-5-27(16-9-7-6-8-12(16)2)17(29)11-10-15-13(3)24-19-25-18(20(21,22)23)26-28(19)14(15)4/h6-9H,5,10-11H2,1-4H3. The molecule has 9 heteroatoms. The first-order valence-corrected chi connectivity index (χ1v) is 9.29. The molecular formula is C20H22F3N5O. The van der Waals surface area contributed by atoms with Crippen LogP contribution >= 0.6 is 0 Å². The van der Waals surface area contributed by atoms with Crippen LogP contribution in [-0.4, -0.2) is 32.0 Å². The molecule has 0 saturated heterocycles. The number of amides is 1. The van der Waals surface area contributed by atoms with Crippen LogP contribution in [0.25, 0.3) is 5.78 Å². The number of para-hydroxylation sites is 1. The Morgan fingerprint density at radius 3 is 2.45 bits per heavy atom. The first kappa shape index (κ1) is 20.8. The van der Waals surface area contributed by atoms with Gasteiger partial charge in [-0.25, -0.2) is 9.50 Å². The molecule has 154 valence electrons. The lowest BCUT2D eigenvalue weighted by atomic mass is 10.1. The van der Waals surface area contributed by atoms with Crippen molar-refractivity contribution in [3.8, 4) is 0 Å². The van der Waals surface area contributed by atoms with E-state index in [-0.39, 0.29) is 18.1 Å². The Balaban J connectivity index is 1.86. The predicted octanol–water partition coefficient (Wildman–Crippen LogP) is 4.05. The number of carbonyl (C=O) groups is 1. The Labute approximate surface area is 166 Å². The smallest absolute Gasteiger partial charge is 0.312 e. The number of alkyl halides is 3. The minimum atomic E-state index is -4.64. The lowest BCUT2D eigenvalue weighted by molar-refractivity contribution is -0.144. The van der Waals surface area contributed by atoms with Gasteiger partial charge in [-0.05, 0) is 51.3 Å². The second kappa shape index (κ2) is 7.81. The summed E-state index contributed by atoms with van der Waals surface area (Å²) in [5.41, 5.74) is 3.60. The Morgan fingerprint density at radius 1 is 1.14 bits per heavy atom. The number of hydrogen-bond donors (Lipinski definition) is 0. The van der Waals surface area contributed by atoms with Gasteiger partial charge in [0.05, 0.1) is 0 Å². The zero-order chi connectivity index (χ0) is 21.3. The highest BCUT2D eigenvalue weighted by atomic mass is 19.4. The summed E-state index contributed by atoms with van der Waals surface area (Å²) in [5.74, 6) is -1.38. The molecule has 0 unspecified atom stereocenters. The van der Waals surface area contributed by atoms with E-state index in [0.717, 1.165) is 15.8 Å². The molecule has 0 aliphatic heterocycles. The van der Waals surface area contributed by atoms with Gasteiger partial charge in [0.25, 0.3) is 11.6 Å². The van der Waals surface area contributed by atoms with E-state index in [9.17, 15) is 18.0 Å². The van der Waals surface area contributed by atoms with E-state index in [1.165, 1.54) is 0 Å². The molecule has 3 rings (SSSR count). The molecule has 0 aliphatic carbocycles. The number of hydrogen-bond acceptors (Lipinski definition) is 4. The third kappa shape index (κ3) is 4.08. The molecule has 0 fully saturated rings. The van der Waals surface area contributed by atoms with Crippen molar-refractivity contribution >= 4 is 17.4 Å². The maximum Gasteiger partial charge on any atom is 0.453 e. The van der Waals surface area contributed by atoms with Crippen LogP contribution in [0.5, 0.6) is 0 Å². The third-order valence-corrected chi connectivity index (χ3v) is 4.91. The normalized spacial score (nSPS) is 11.8. The van der Waals surface area contributed by atoms with Crippen molar-refractivity contribution in [3.05, 3.63) is 52.6 Å². The molecule has 29 heavy (non-hydrogen) atoms. The summed E-state index contributed by atoms with van der Waals surface area (Å²) in [4.78, 5) is 22.2. The van der Waals surface area contributed by atoms with Crippen LogP contribution in [0, 0.1) is 20.8 Å². The molecule has 1 aromatic carbocycles. The van der Waals surface area contributed by atoms with Crippen LogP contribution in [0.15, 0.2) is 24.3 Å². The van der Waals surface area contributed by atoms with Gasteiger partial charge in [-0.3, -0.25) is 4.79 Å². The van der Waals surface area contributed by atoms with Gasteiger partial charge in [0.1, 0.15) is 0 Å². The number of nitrogens with zero attached hydrogens (tertiary/aromatic N) is 5. The minimum Gasteiger partial charge on any atom is -0.312 e. The summed E-state index contributed by atoms with van der Waals surface area (Å²) in [5, 5.41) is 3.55. The van der Waals surface area contributed by atoms with Crippen LogP contribution in [0.4, 0.5) is 18.9 Å². The van der Waals surface area contributed by atoms with Crippen molar-refractivity contribution in [2.24, 2.45) is 0 Å². The molecular weight excluding hydrogens is 383 g/mol. The van der Waals surface area contributed by atoms with E-state index in [1.54, 1.807) is 18.7 Å². The molecule has 2 heterocycles. The average Bonchev–Trinajstić information content (AvgIpc) is 3.08. The number of halogens is 3. The molecule has 0 radical (unpaired) electrons. The summed E-state index contributed by atoms with van der Waals surface area (Å²) >= 11 is 0. The molecule has 2 aromatic heterocycles. The molecule has 0 atom stereocenters. The van der Waals surface area contributed by atoms with Crippen molar-refractivity contribution in [2.75, 3.05) is 11.4 Å². The maximum absolute atomic E-state index is 12.9. The third-order valence-electron chi connectivity index (χ3n) is 4.91. The van der Waals surface area contributed by atoms with Crippen LogP contribution in [0.1, 0.15) is 41.7 Å². The highest BCUT2D eigenvalue weighted by Gasteiger charge is 2.37. The fraction of sp³-hybridized carbons (Fsp3) is 0.400. The van der Waals surface area contributed by atoms with E-state index in [4.69, 9.17) is 0 Å². The highest BCUT2D eigenvalue weighted by molar-refractivity contribution is 5.94. The lowest BCUT2D eigenvalue weighted by Crippen LogP contribution is -2.31. The number of aromatic nitrogens is 4. The van der Waals surface area contributed by atoms with Gasteiger partial charge in [-0.15, -0.1) is 5.10 Å². The fourth-order valence-electron chi connectivity index (χ4n) is 3.40. The lowest BCUT2D eigenvalue weighted by Gasteiger charge is -2.23. The summed E-state index contributed by atoms with van der Waals surface area (Å²) in [6.45, 7) is 7.74. The zero-order valence-electron chi connectivity index (χ0n) is 16.7. The number of aryl methyl sites for hydroxylation is 3. The summed E-state index contributed by atoms with van der Waals surface area (Å²) < 4.78 is 39.8. The molecule has 0 N–H and O–H groups in total. The molecule has 0 saturated carbocycles. The highest BCUT2D eigenvalue weighted by Crippen LogP contribution is 2.27. The first-order chi connectivity index (χ1) is 13.6. The van der Waals surface area contributed by atoms with Crippen molar-refractivity contribution in [2.45, 2.75) is 46.7 Å². The van der Waals surface area contributed by atoms with Crippen LogP contribution < -0.4 is 4.90 Å². The second-order valence-electron chi connectivity index (χ2n) is 6.83. The Bertz CT molecular complexity index is 1060. The summed E-state index contributed by atoms with van der Waals surface area (Å²) in [7, 11) is 0. The van der Waals surface area contributed by atoms with E-state index >= 15 is 0 Å². The van der Waals surface area contributed by atoms with E-state index in [2.05, 4.69) is 15.1 Å². The van der Waals surface area contributed by atoms with Gasteiger partial charge in [0.2, 0.25) is 5.91 Å². The van der Waals surface area contributed by atoms with E-state index in [0.29, 0.717) is 29.9 Å². The number of rotatable bonds is 5. The van der Waals surface area contributed by atoms with Gasteiger partial charge >= 0.3 is 6.18 Å². The SMILES string of the molecule is CCN(C(=O)CCc1c(C)nc2nc(C(F)(F)F)nn2c1C)c1ccccc1C. The van der Waals surface area contributed by atoms with Crippen LogP contribution in [0.2, 0.25) is 0 Å². The number of benzene rings is 1. The largest absolute Gasteiger partial charge is 0.453 e. The first-order valence-electron chi connectivity index (χ1n) is 9.29. The Hall–Kier alpha value is -2.97. The molecule has 3 aromatic rings. The van der Waals surface area contributed by atoms with Gasteiger partial charge < -0.3 is 4.90 Å². The quantitative estimate of drug-likeness (QED) is 0.642. The fourth-order valence-corrected chi connectivity index (χ4v) is 3.40. The van der Waals surface area contributed by atoms with Crippen LogP contribution in [0.3, 0.4) is 0 Å². The monoisotopic (exact) mass is 405 g/mol. The van der Waals surface area contributed by atoms with Crippen molar-refractivity contribution in [1.29, 1.82) is 0 Å². The number of carbonyl (C=O) groups excluding carboxylic acids is 1. The topological polar surface area (TPSA) is 63.4 Å². The van der Waals surface area contributed by atoms with Crippen LogP contribution in [-0.2, 0) is 17.4 Å². The van der Waals surface area contributed by atoms with Gasteiger partial charge in [-0.1, -0.05) is 18.2 Å². The average molecular weight is 405 g/mol. The van der Waals surface area contributed by atoms with Crippen molar-refractivity contribution in [1.82, 2.24) is 19.6 Å². The van der Waals surface area contributed by atoms with Gasteiger partial charge in [0.15, 0.2) is 0 Å². The maximum atomic E-state index is 12.9. The zero-order valence-corrected chi connectivity index (χ0v) is 16.7. The van der Waals surface area contributed by atoms with E-state index < -0.39 is 12.0 Å². The Kier molecular flexibility index (Phi) is 5.59. The molecule has 0 bridgehead atoms. The molecule has 0 spiro atoms. The predicted molar refractivity (Wildman–Crippen MR) is 103 cm³/mol. The number of fused-ring (bicyclic) bond motifs is 1. The molecule has 0 aliphatic rings. The summed E-state index contributed by atoms with van der Waals surface area (Å²) in [6.07, 6.45) is -4.08. The summed E-state index contributed by atoms with van der Waals surface area (Å²) in [6, 6.07) is 7.64. The van der Waals surface area contributed by atoms with Gasteiger partial charge in [-0.2, -0.15) is 18.2 Å². The second-order valence-corrected chi connectivity index (χ2v) is 6.83. The minimum absolute atomic E-state index is 0.0599.